The highest BCUT2D eigenvalue weighted by molar-refractivity contribution is 6.04. The predicted molar refractivity (Wildman–Crippen MR) is 84.1 cm³/mol. The highest BCUT2D eigenvalue weighted by atomic mass is 19.1. The van der Waals surface area contributed by atoms with Gasteiger partial charge in [0.2, 0.25) is 0 Å². The van der Waals surface area contributed by atoms with Crippen molar-refractivity contribution >= 4 is 11.6 Å². The third-order valence-corrected chi connectivity index (χ3v) is 3.38. The highest BCUT2D eigenvalue weighted by Gasteiger charge is 2.10. The van der Waals surface area contributed by atoms with Crippen LogP contribution in [0.2, 0.25) is 0 Å². The largest absolute Gasteiger partial charge is 0.322 e. The number of rotatable bonds is 5. The average molecular weight is 296 g/mol. The van der Waals surface area contributed by atoms with Gasteiger partial charge in [-0.25, -0.2) is 4.39 Å². The molecule has 22 heavy (non-hydrogen) atoms. The van der Waals surface area contributed by atoms with Gasteiger partial charge >= 0.3 is 0 Å². The Morgan fingerprint density at radius 2 is 1.95 bits per heavy atom. The van der Waals surface area contributed by atoms with Gasteiger partial charge in [0.15, 0.2) is 0 Å². The van der Waals surface area contributed by atoms with Crippen LogP contribution in [-0.4, -0.2) is 5.91 Å². The molecular formula is C18H17FN2O. The fraction of sp³-hybridized carbons (Fsp3) is 0.222. The van der Waals surface area contributed by atoms with Gasteiger partial charge in [0.05, 0.1) is 5.56 Å². The van der Waals surface area contributed by atoms with Crippen molar-refractivity contribution in [2.45, 2.75) is 26.2 Å². The molecule has 3 nitrogen and oxygen atoms in total. The molecule has 112 valence electrons. The van der Waals surface area contributed by atoms with Gasteiger partial charge < -0.3 is 5.32 Å². The fourth-order valence-electron chi connectivity index (χ4n) is 2.09. The Hall–Kier alpha value is -2.67. The van der Waals surface area contributed by atoms with Crippen LogP contribution < -0.4 is 5.32 Å². The summed E-state index contributed by atoms with van der Waals surface area (Å²) >= 11 is 0. The molecular weight excluding hydrogens is 279 g/mol. The smallest absolute Gasteiger partial charge is 0.255 e. The maximum Gasteiger partial charge on any atom is 0.255 e. The third-order valence-electron chi connectivity index (χ3n) is 3.38. The Balaban J connectivity index is 2.05. The number of nitriles is 1. The zero-order chi connectivity index (χ0) is 15.9. The lowest BCUT2D eigenvalue weighted by atomic mass is 10.1. The van der Waals surface area contributed by atoms with Crippen molar-refractivity contribution in [3.63, 3.8) is 0 Å². The van der Waals surface area contributed by atoms with Crippen molar-refractivity contribution in [3.05, 3.63) is 65.0 Å². The van der Waals surface area contributed by atoms with Gasteiger partial charge in [0, 0.05) is 11.3 Å². The van der Waals surface area contributed by atoms with Gasteiger partial charge in [-0.2, -0.15) is 5.26 Å². The van der Waals surface area contributed by atoms with E-state index >= 15 is 0 Å². The number of halogens is 1. The number of aryl methyl sites for hydroxylation is 1. The van der Waals surface area contributed by atoms with E-state index in [0.717, 1.165) is 25.3 Å². The van der Waals surface area contributed by atoms with Crippen LogP contribution in [0.3, 0.4) is 0 Å². The molecule has 0 unspecified atom stereocenters. The lowest BCUT2D eigenvalue weighted by Gasteiger charge is -2.07. The monoisotopic (exact) mass is 296 g/mol. The first-order valence-electron chi connectivity index (χ1n) is 7.24. The second-order valence-electron chi connectivity index (χ2n) is 5.06. The molecule has 0 aliphatic heterocycles. The number of nitrogens with zero attached hydrogens (tertiary/aromatic N) is 1. The van der Waals surface area contributed by atoms with Crippen LogP contribution in [0.4, 0.5) is 10.1 Å². The van der Waals surface area contributed by atoms with E-state index in [0.29, 0.717) is 5.69 Å². The molecule has 0 radical (unpaired) electrons. The Morgan fingerprint density at radius 3 is 2.55 bits per heavy atom. The number of benzene rings is 2. The topological polar surface area (TPSA) is 52.9 Å². The Kier molecular flexibility index (Phi) is 5.26. The Bertz CT molecular complexity index is 702. The minimum Gasteiger partial charge on any atom is -0.322 e. The zero-order valence-electron chi connectivity index (χ0n) is 12.4. The van der Waals surface area contributed by atoms with Crippen molar-refractivity contribution < 1.29 is 9.18 Å². The first kappa shape index (κ1) is 15.7. The molecule has 0 bridgehead atoms. The summed E-state index contributed by atoms with van der Waals surface area (Å²) in [6.45, 7) is 2.14. The molecule has 2 aromatic carbocycles. The lowest BCUT2D eigenvalue weighted by Crippen LogP contribution is -2.12. The van der Waals surface area contributed by atoms with E-state index in [1.54, 1.807) is 6.07 Å². The van der Waals surface area contributed by atoms with Crippen molar-refractivity contribution in [2.24, 2.45) is 0 Å². The second kappa shape index (κ2) is 7.37. The summed E-state index contributed by atoms with van der Waals surface area (Å²) in [6.07, 6.45) is 3.30. The summed E-state index contributed by atoms with van der Waals surface area (Å²) in [5, 5.41) is 11.4. The standard InChI is InChI=1S/C18H17FN2O/c1-2-3-4-13-5-9-16(10-6-13)21-18(22)14-7-8-15(12-20)17(19)11-14/h5-11H,2-4H2,1H3,(H,21,22). The van der Waals surface area contributed by atoms with Gasteiger partial charge in [-0.1, -0.05) is 25.5 Å². The van der Waals surface area contributed by atoms with Gasteiger partial charge in [0.1, 0.15) is 11.9 Å². The van der Waals surface area contributed by atoms with Crippen molar-refractivity contribution in [2.75, 3.05) is 5.32 Å². The molecule has 0 saturated heterocycles. The number of carbonyl (C=O) groups excluding carboxylic acids is 1. The number of amides is 1. The summed E-state index contributed by atoms with van der Waals surface area (Å²) in [4.78, 5) is 12.1. The molecule has 2 rings (SSSR count). The van der Waals surface area contributed by atoms with E-state index in [-0.39, 0.29) is 11.1 Å². The maximum absolute atomic E-state index is 13.5. The number of anilines is 1. The SMILES string of the molecule is CCCCc1ccc(NC(=O)c2ccc(C#N)c(F)c2)cc1. The van der Waals surface area contributed by atoms with E-state index in [4.69, 9.17) is 5.26 Å². The van der Waals surface area contributed by atoms with Crippen LogP contribution >= 0.6 is 0 Å². The summed E-state index contributed by atoms with van der Waals surface area (Å²) in [6, 6.07) is 13.2. The minimum absolute atomic E-state index is 0.0724. The quantitative estimate of drug-likeness (QED) is 0.894. The predicted octanol–water partition coefficient (Wildman–Crippen LogP) is 4.29. The number of unbranched alkanes of at least 4 members (excludes halogenated alkanes) is 1. The van der Waals surface area contributed by atoms with Crippen molar-refractivity contribution in [1.29, 1.82) is 5.26 Å². The Morgan fingerprint density at radius 1 is 1.23 bits per heavy atom. The molecule has 2 aromatic rings. The molecule has 1 amide bonds. The first-order chi connectivity index (χ1) is 10.6. The molecule has 0 heterocycles. The molecule has 0 spiro atoms. The van der Waals surface area contributed by atoms with E-state index in [1.807, 2.05) is 24.3 Å². The van der Waals surface area contributed by atoms with Crippen molar-refractivity contribution in [1.82, 2.24) is 0 Å². The summed E-state index contributed by atoms with van der Waals surface area (Å²) in [7, 11) is 0. The summed E-state index contributed by atoms with van der Waals surface area (Å²) in [5.41, 5.74) is 2.00. The molecule has 0 aromatic heterocycles. The first-order valence-corrected chi connectivity index (χ1v) is 7.24. The maximum atomic E-state index is 13.5. The zero-order valence-corrected chi connectivity index (χ0v) is 12.4. The molecule has 0 aliphatic carbocycles. The number of hydrogen-bond donors (Lipinski definition) is 1. The highest BCUT2D eigenvalue weighted by Crippen LogP contribution is 2.15. The van der Waals surface area contributed by atoms with Gasteiger partial charge in [-0.3, -0.25) is 4.79 Å². The van der Waals surface area contributed by atoms with Crippen LogP contribution in [0.1, 0.15) is 41.3 Å². The third kappa shape index (κ3) is 3.92. The molecule has 1 N–H and O–H groups in total. The molecule has 0 atom stereocenters. The second-order valence-corrected chi connectivity index (χ2v) is 5.06. The molecule has 0 fully saturated rings. The number of nitrogens with one attached hydrogen (secondary N) is 1. The van der Waals surface area contributed by atoms with E-state index in [2.05, 4.69) is 12.2 Å². The molecule has 0 aliphatic rings. The minimum atomic E-state index is -0.690. The lowest BCUT2D eigenvalue weighted by molar-refractivity contribution is 0.102. The fourth-order valence-corrected chi connectivity index (χ4v) is 2.09. The molecule has 0 saturated carbocycles. The molecule has 4 heteroatoms. The van der Waals surface area contributed by atoms with Crippen molar-refractivity contribution in [3.8, 4) is 6.07 Å². The summed E-state index contributed by atoms with van der Waals surface area (Å²) in [5.74, 6) is -1.09. The van der Waals surface area contributed by atoms with Crippen LogP contribution in [0.15, 0.2) is 42.5 Å². The van der Waals surface area contributed by atoms with E-state index in [1.165, 1.54) is 17.7 Å². The van der Waals surface area contributed by atoms with Gasteiger partial charge in [-0.15, -0.1) is 0 Å². The van der Waals surface area contributed by atoms with Crippen LogP contribution in [-0.2, 0) is 6.42 Å². The van der Waals surface area contributed by atoms with E-state index in [9.17, 15) is 9.18 Å². The van der Waals surface area contributed by atoms with Crippen LogP contribution in [0, 0.1) is 17.1 Å². The van der Waals surface area contributed by atoms with Crippen LogP contribution in [0.5, 0.6) is 0 Å². The number of carbonyl (C=O) groups is 1. The Labute approximate surface area is 129 Å². The van der Waals surface area contributed by atoms with Gasteiger partial charge in [-0.05, 0) is 48.7 Å². The average Bonchev–Trinajstić information content (AvgIpc) is 2.54. The normalized spacial score (nSPS) is 10.0. The van der Waals surface area contributed by atoms with E-state index < -0.39 is 11.7 Å². The van der Waals surface area contributed by atoms with Gasteiger partial charge in [0.25, 0.3) is 5.91 Å². The number of hydrogen-bond acceptors (Lipinski definition) is 2. The summed E-state index contributed by atoms with van der Waals surface area (Å²) < 4.78 is 13.5. The van der Waals surface area contributed by atoms with Crippen LogP contribution in [0.25, 0.3) is 0 Å².